The predicted octanol–water partition coefficient (Wildman–Crippen LogP) is 13.3. The molecule has 1 unspecified atom stereocenters. The van der Waals surface area contributed by atoms with Gasteiger partial charge in [0.2, 0.25) is 0 Å². The fourth-order valence-electron chi connectivity index (χ4n) is 9.40. The summed E-state index contributed by atoms with van der Waals surface area (Å²) in [6, 6.07) is 62.7. The van der Waals surface area contributed by atoms with Crippen LogP contribution in [0.2, 0.25) is 0 Å². The van der Waals surface area contributed by atoms with Gasteiger partial charge in [-0.05, 0) is 92.0 Å². The molecule has 2 aliphatic carbocycles. The summed E-state index contributed by atoms with van der Waals surface area (Å²) in [6.07, 6.45) is 8.25. The van der Waals surface area contributed by atoms with Crippen LogP contribution in [0.4, 0.5) is 0 Å². The Hall–Kier alpha value is -7.69. The standard InChI is InChI=1S/C54H33N3O/c1-2-12-37(13-3-1)49-32-50(57-53(56-49)38-25-20-34(21-26-38)40-14-10-28-55-33-40)39-27-24-36-23-22-35-11-4-7-17-45(35)54(47(36)29-39)46-18-8-5-15-41(46)43-31-52-44(30-48(43)54)42-16-6-9-19-51(42)58-52/h1-33H. The van der Waals surface area contributed by atoms with Crippen LogP contribution in [-0.2, 0) is 5.41 Å². The zero-order chi connectivity index (χ0) is 38.2. The lowest BCUT2D eigenvalue weighted by Gasteiger charge is -2.35. The minimum atomic E-state index is -0.621. The summed E-state index contributed by atoms with van der Waals surface area (Å²) >= 11 is 0. The van der Waals surface area contributed by atoms with Crippen LogP contribution in [0.1, 0.15) is 33.4 Å². The minimum absolute atomic E-state index is 0.621. The summed E-state index contributed by atoms with van der Waals surface area (Å²) in [7, 11) is 0. The number of para-hydroxylation sites is 1. The highest BCUT2D eigenvalue weighted by atomic mass is 16.3. The summed E-state index contributed by atoms with van der Waals surface area (Å²) < 4.78 is 6.50. The molecule has 4 nitrogen and oxygen atoms in total. The van der Waals surface area contributed by atoms with Gasteiger partial charge >= 0.3 is 0 Å². The Bertz CT molecular complexity index is 3270. The number of nitrogens with zero attached hydrogens (tertiary/aromatic N) is 3. The summed E-state index contributed by atoms with van der Waals surface area (Å²) in [6.45, 7) is 0. The molecule has 0 aliphatic heterocycles. The van der Waals surface area contributed by atoms with Crippen molar-refractivity contribution in [2.24, 2.45) is 0 Å². The third-order valence-electron chi connectivity index (χ3n) is 12.0. The zero-order valence-corrected chi connectivity index (χ0v) is 31.3. The van der Waals surface area contributed by atoms with Gasteiger partial charge in [-0.1, -0.05) is 152 Å². The van der Waals surface area contributed by atoms with E-state index in [1.54, 1.807) is 6.20 Å². The number of pyridine rings is 1. The van der Waals surface area contributed by atoms with Gasteiger partial charge in [0.1, 0.15) is 11.2 Å². The second kappa shape index (κ2) is 12.7. The molecule has 10 aromatic rings. The predicted molar refractivity (Wildman–Crippen MR) is 235 cm³/mol. The van der Waals surface area contributed by atoms with Crippen LogP contribution in [0.3, 0.4) is 0 Å². The van der Waals surface area contributed by atoms with Crippen molar-refractivity contribution in [2.75, 3.05) is 0 Å². The number of fused-ring (bicyclic) bond motifs is 12. The van der Waals surface area contributed by atoms with E-state index in [0.29, 0.717) is 5.82 Å². The number of furan rings is 1. The van der Waals surface area contributed by atoms with Crippen LogP contribution in [0.5, 0.6) is 0 Å². The van der Waals surface area contributed by atoms with Crippen molar-refractivity contribution in [2.45, 2.75) is 5.41 Å². The fraction of sp³-hybridized carbons (Fsp3) is 0.0185. The monoisotopic (exact) mass is 739 g/mol. The molecule has 270 valence electrons. The van der Waals surface area contributed by atoms with E-state index >= 15 is 0 Å². The Morgan fingerprint density at radius 1 is 0.397 bits per heavy atom. The van der Waals surface area contributed by atoms with Gasteiger partial charge in [0.25, 0.3) is 0 Å². The highest BCUT2D eigenvalue weighted by Crippen LogP contribution is 2.60. The highest BCUT2D eigenvalue weighted by Gasteiger charge is 2.49. The topological polar surface area (TPSA) is 51.8 Å². The number of rotatable bonds is 4. The molecule has 3 aromatic heterocycles. The van der Waals surface area contributed by atoms with Crippen molar-refractivity contribution in [1.82, 2.24) is 15.0 Å². The van der Waals surface area contributed by atoms with Crippen molar-refractivity contribution in [1.29, 1.82) is 0 Å². The molecule has 1 spiro atoms. The molecule has 0 N–H and O–H groups in total. The van der Waals surface area contributed by atoms with E-state index in [0.717, 1.165) is 61.1 Å². The molecule has 0 saturated carbocycles. The summed E-state index contributed by atoms with van der Waals surface area (Å²) in [5.41, 5.74) is 17.9. The second-order valence-electron chi connectivity index (χ2n) is 15.2. The first-order valence-electron chi connectivity index (χ1n) is 19.7. The Morgan fingerprint density at radius 2 is 1.09 bits per heavy atom. The smallest absolute Gasteiger partial charge is 0.160 e. The average Bonchev–Trinajstić information content (AvgIpc) is 3.75. The van der Waals surface area contributed by atoms with Gasteiger partial charge in [0, 0.05) is 39.9 Å². The van der Waals surface area contributed by atoms with E-state index in [1.165, 1.54) is 44.5 Å². The molecule has 1 atom stereocenters. The Balaban J connectivity index is 1.11. The first-order chi connectivity index (χ1) is 28.7. The van der Waals surface area contributed by atoms with Crippen molar-refractivity contribution in [3.05, 3.63) is 222 Å². The summed E-state index contributed by atoms with van der Waals surface area (Å²) in [5, 5.41) is 2.24. The van der Waals surface area contributed by atoms with E-state index in [1.807, 2.05) is 24.4 Å². The molecule has 7 aromatic carbocycles. The van der Waals surface area contributed by atoms with E-state index in [2.05, 4.69) is 175 Å². The third kappa shape index (κ3) is 4.85. The minimum Gasteiger partial charge on any atom is -0.456 e. The van der Waals surface area contributed by atoms with Gasteiger partial charge in [0.05, 0.1) is 16.8 Å². The molecule has 0 bridgehead atoms. The van der Waals surface area contributed by atoms with Crippen molar-refractivity contribution in [3.8, 4) is 56.2 Å². The van der Waals surface area contributed by atoms with Crippen LogP contribution in [0.25, 0.3) is 90.2 Å². The maximum absolute atomic E-state index is 6.50. The van der Waals surface area contributed by atoms with Gasteiger partial charge in [-0.25, -0.2) is 9.97 Å². The average molecular weight is 740 g/mol. The maximum atomic E-state index is 6.50. The van der Waals surface area contributed by atoms with Crippen molar-refractivity contribution >= 4 is 34.1 Å². The van der Waals surface area contributed by atoms with Gasteiger partial charge in [-0.2, -0.15) is 0 Å². The lowest BCUT2D eigenvalue weighted by Crippen LogP contribution is -2.30. The first-order valence-corrected chi connectivity index (χ1v) is 19.7. The molecular formula is C54H33N3O. The number of benzene rings is 7. The molecule has 0 amide bonds. The fourth-order valence-corrected chi connectivity index (χ4v) is 9.40. The van der Waals surface area contributed by atoms with Gasteiger partial charge in [-0.15, -0.1) is 0 Å². The van der Waals surface area contributed by atoms with Crippen LogP contribution in [0, 0.1) is 0 Å². The quantitative estimate of drug-likeness (QED) is 0.180. The maximum Gasteiger partial charge on any atom is 0.160 e. The van der Waals surface area contributed by atoms with Crippen molar-refractivity contribution in [3.63, 3.8) is 0 Å². The first kappa shape index (κ1) is 32.5. The molecule has 4 heteroatoms. The Morgan fingerprint density at radius 3 is 1.93 bits per heavy atom. The number of hydrogen-bond acceptors (Lipinski definition) is 4. The molecule has 0 radical (unpaired) electrons. The van der Waals surface area contributed by atoms with E-state index in [9.17, 15) is 0 Å². The molecule has 58 heavy (non-hydrogen) atoms. The molecule has 0 saturated heterocycles. The number of aromatic nitrogens is 3. The van der Waals surface area contributed by atoms with Gasteiger partial charge in [0.15, 0.2) is 5.82 Å². The second-order valence-corrected chi connectivity index (χ2v) is 15.2. The van der Waals surface area contributed by atoms with Gasteiger partial charge < -0.3 is 4.42 Å². The van der Waals surface area contributed by atoms with Crippen LogP contribution >= 0.6 is 0 Å². The summed E-state index contributed by atoms with van der Waals surface area (Å²) in [4.78, 5) is 14.8. The molecule has 0 fully saturated rings. The largest absolute Gasteiger partial charge is 0.456 e. The van der Waals surface area contributed by atoms with E-state index in [4.69, 9.17) is 14.4 Å². The van der Waals surface area contributed by atoms with Crippen LogP contribution in [-0.4, -0.2) is 15.0 Å². The Kier molecular flexibility index (Phi) is 7.11. The summed E-state index contributed by atoms with van der Waals surface area (Å²) in [5.74, 6) is 0.676. The molecule has 2 aliphatic rings. The van der Waals surface area contributed by atoms with E-state index < -0.39 is 5.41 Å². The highest BCUT2D eigenvalue weighted by molar-refractivity contribution is 6.08. The van der Waals surface area contributed by atoms with E-state index in [-0.39, 0.29) is 0 Å². The van der Waals surface area contributed by atoms with Gasteiger partial charge in [-0.3, -0.25) is 4.98 Å². The van der Waals surface area contributed by atoms with Crippen molar-refractivity contribution < 1.29 is 4.42 Å². The van der Waals surface area contributed by atoms with Crippen LogP contribution < -0.4 is 0 Å². The lowest BCUT2D eigenvalue weighted by atomic mass is 9.65. The SMILES string of the molecule is C1=Cc2ccc(-c3cc(-c4ccccc4)nc(-c4ccc(-c5cccnc5)cc4)n3)cc2C2(c3ccccc31)c1ccccc1-c1cc3oc4ccccc4c3cc12. The Labute approximate surface area is 335 Å². The number of hydrogen-bond donors (Lipinski definition) is 0. The third-order valence-corrected chi connectivity index (χ3v) is 12.0. The molecule has 3 heterocycles. The molecular weight excluding hydrogens is 707 g/mol. The zero-order valence-electron chi connectivity index (χ0n) is 31.3. The van der Waals surface area contributed by atoms with Crippen LogP contribution in [0.15, 0.2) is 193 Å². The lowest BCUT2D eigenvalue weighted by molar-refractivity contribution is 0.668. The molecule has 12 rings (SSSR count). The normalized spacial score (nSPS) is 14.9.